The highest BCUT2D eigenvalue weighted by atomic mass is 16.6. The fraction of sp³-hybridized carbons (Fsp3) is 0.265. The minimum absolute atomic E-state index is 0.312. The van der Waals surface area contributed by atoms with Crippen LogP contribution in [0.1, 0.15) is 57.6 Å². The Morgan fingerprint density at radius 3 is 2.33 bits per heavy atom. The van der Waals surface area contributed by atoms with Gasteiger partial charge in [0.25, 0.3) is 0 Å². The predicted octanol–water partition coefficient (Wildman–Crippen LogP) is 7.96. The fourth-order valence-corrected chi connectivity index (χ4v) is 5.98. The number of ether oxygens (including phenoxy) is 2. The van der Waals surface area contributed by atoms with Crippen molar-refractivity contribution in [3.05, 3.63) is 112 Å². The first-order valence-electron chi connectivity index (χ1n) is 13.7. The van der Waals surface area contributed by atoms with Crippen LogP contribution in [0.25, 0.3) is 0 Å². The van der Waals surface area contributed by atoms with Gasteiger partial charge in [-0.2, -0.15) is 0 Å². The number of hydrogen-bond donors (Lipinski definition) is 1. The van der Waals surface area contributed by atoms with Crippen LogP contribution in [-0.4, -0.2) is 19.1 Å². The number of rotatable bonds is 5. The second-order valence-electron chi connectivity index (χ2n) is 10.6. The second kappa shape index (κ2) is 9.49. The Hall–Kier alpha value is -4.25. The number of anilines is 3. The molecule has 1 unspecified atom stereocenters. The molecule has 2 aliphatic heterocycles. The number of carbonyl (C=O) groups excluding carboxylic acids is 1. The number of hydrogen-bond acceptors (Lipinski definition) is 5. The molecule has 1 N–H and O–H groups in total. The van der Waals surface area contributed by atoms with Gasteiger partial charge in [0.05, 0.1) is 5.56 Å². The highest BCUT2D eigenvalue weighted by Crippen LogP contribution is 2.54. The van der Waals surface area contributed by atoms with E-state index in [0.717, 1.165) is 63.9 Å². The molecule has 5 heteroatoms. The lowest BCUT2D eigenvalue weighted by molar-refractivity contribution is -0.0112. The Balaban J connectivity index is 1.53. The van der Waals surface area contributed by atoms with Crippen LogP contribution < -0.4 is 15.0 Å². The Kier molecular flexibility index (Phi) is 6.10. The summed E-state index contributed by atoms with van der Waals surface area (Å²) >= 11 is 0. The van der Waals surface area contributed by atoms with Crippen molar-refractivity contribution in [1.82, 2.24) is 0 Å². The first-order chi connectivity index (χ1) is 18.8. The molecule has 0 bridgehead atoms. The molecule has 39 heavy (non-hydrogen) atoms. The summed E-state index contributed by atoms with van der Waals surface area (Å²) in [6.45, 7) is 12.4. The van der Waals surface area contributed by atoms with Crippen molar-refractivity contribution in [2.75, 3.05) is 23.3 Å². The molecule has 0 saturated carbocycles. The SMILES string of the molecule is CCN(CC)c1ccc2c(c1)Oc1cc(C)c(Nc3ccc(C)cc3C)cc1C21Cc2ccccc2C(=O)O1. The van der Waals surface area contributed by atoms with E-state index >= 15 is 0 Å². The van der Waals surface area contributed by atoms with Crippen LogP contribution in [0, 0.1) is 20.8 Å². The van der Waals surface area contributed by atoms with Gasteiger partial charge in [0.1, 0.15) is 11.5 Å². The maximum Gasteiger partial charge on any atom is 0.339 e. The van der Waals surface area contributed by atoms with Crippen molar-refractivity contribution in [1.29, 1.82) is 0 Å². The molecule has 0 fully saturated rings. The highest BCUT2D eigenvalue weighted by molar-refractivity contribution is 5.93. The van der Waals surface area contributed by atoms with Crippen LogP contribution in [0.2, 0.25) is 0 Å². The maximum absolute atomic E-state index is 13.5. The van der Waals surface area contributed by atoms with E-state index < -0.39 is 5.60 Å². The molecule has 0 aliphatic carbocycles. The molecule has 4 aromatic carbocycles. The van der Waals surface area contributed by atoms with Crippen molar-refractivity contribution in [3.63, 3.8) is 0 Å². The summed E-state index contributed by atoms with van der Waals surface area (Å²) in [6.07, 6.45) is 0.537. The van der Waals surface area contributed by atoms with E-state index in [9.17, 15) is 4.79 Å². The van der Waals surface area contributed by atoms with Crippen LogP contribution in [0.4, 0.5) is 17.1 Å². The summed E-state index contributed by atoms with van der Waals surface area (Å²) in [5.74, 6) is 1.14. The molecular weight excluding hydrogens is 484 g/mol. The van der Waals surface area contributed by atoms with E-state index in [2.05, 4.69) is 93.4 Å². The van der Waals surface area contributed by atoms with Crippen molar-refractivity contribution in [2.45, 2.75) is 46.6 Å². The van der Waals surface area contributed by atoms with Gasteiger partial charge in [-0.05, 0) is 87.7 Å². The Labute approximate surface area is 230 Å². The molecule has 6 rings (SSSR count). The molecule has 2 aliphatic rings. The molecule has 5 nitrogen and oxygen atoms in total. The van der Waals surface area contributed by atoms with Crippen molar-refractivity contribution < 1.29 is 14.3 Å². The molecule has 0 radical (unpaired) electrons. The number of benzene rings is 4. The zero-order valence-electron chi connectivity index (χ0n) is 23.2. The summed E-state index contributed by atoms with van der Waals surface area (Å²) in [5.41, 5.74) is 8.87. The number of nitrogens with zero attached hydrogens (tertiary/aromatic N) is 1. The summed E-state index contributed by atoms with van der Waals surface area (Å²) in [7, 11) is 0. The fourth-order valence-electron chi connectivity index (χ4n) is 5.98. The second-order valence-corrected chi connectivity index (χ2v) is 10.6. The van der Waals surface area contributed by atoms with Gasteiger partial charge in [-0.15, -0.1) is 0 Å². The molecule has 4 aromatic rings. The molecule has 0 aromatic heterocycles. The number of nitrogens with one attached hydrogen (secondary N) is 1. The first-order valence-corrected chi connectivity index (χ1v) is 13.7. The van der Waals surface area contributed by atoms with Crippen LogP contribution in [0.15, 0.2) is 72.8 Å². The topological polar surface area (TPSA) is 50.8 Å². The molecule has 0 saturated heterocycles. The molecule has 2 heterocycles. The quantitative estimate of drug-likeness (QED) is 0.272. The number of aryl methyl sites for hydroxylation is 3. The van der Waals surface area contributed by atoms with Crippen LogP contribution in [-0.2, 0) is 16.8 Å². The zero-order valence-corrected chi connectivity index (χ0v) is 23.2. The third-order valence-electron chi connectivity index (χ3n) is 8.11. The number of fused-ring (bicyclic) bond motifs is 5. The lowest BCUT2D eigenvalue weighted by Crippen LogP contribution is -2.42. The summed E-state index contributed by atoms with van der Waals surface area (Å²) < 4.78 is 13.1. The third-order valence-corrected chi connectivity index (χ3v) is 8.11. The van der Waals surface area contributed by atoms with Crippen molar-refractivity contribution >= 4 is 23.0 Å². The average molecular weight is 519 g/mol. The van der Waals surface area contributed by atoms with Gasteiger partial charge >= 0.3 is 5.97 Å². The summed E-state index contributed by atoms with van der Waals surface area (Å²) in [4.78, 5) is 15.8. The van der Waals surface area contributed by atoms with Crippen LogP contribution in [0.3, 0.4) is 0 Å². The highest BCUT2D eigenvalue weighted by Gasteiger charge is 2.49. The van der Waals surface area contributed by atoms with E-state index in [0.29, 0.717) is 12.0 Å². The van der Waals surface area contributed by atoms with Gasteiger partial charge in [-0.25, -0.2) is 4.79 Å². The molecule has 1 atom stereocenters. The summed E-state index contributed by atoms with van der Waals surface area (Å²) in [6, 6.07) is 24.6. The molecule has 1 spiro atoms. The molecule has 0 amide bonds. The van der Waals surface area contributed by atoms with Crippen molar-refractivity contribution in [3.8, 4) is 11.5 Å². The minimum atomic E-state index is -0.997. The monoisotopic (exact) mass is 518 g/mol. The number of esters is 1. The lowest BCUT2D eigenvalue weighted by atomic mass is 9.75. The van der Waals surface area contributed by atoms with E-state index in [1.54, 1.807) is 0 Å². The van der Waals surface area contributed by atoms with Gasteiger partial charge in [0, 0.05) is 53.8 Å². The Morgan fingerprint density at radius 2 is 1.56 bits per heavy atom. The standard InChI is InChI=1S/C34H34N2O3/c1-6-36(7-2)25-13-14-27-32(18-25)38-31-17-23(5)30(35-29-15-12-21(3)16-22(29)4)19-28(31)34(27)20-24-10-8-9-11-26(24)33(37)39-34/h8-19,35H,6-7,20H2,1-5H3. The van der Waals surface area contributed by atoms with E-state index in [1.807, 2.05) is 24.3 Å². The largest absolute Gasteiger partial charge is 0.456 e. The average Bonchev–Trinajstić information content (AvgIpc) is 2.92. The molecular formula is C34H34N2O3. The van der Waals surface area contributed by atoms with Gasteiger partial charge in [0.15, 0.2) is 5.60 Å². The van der Waals surface area contributed by atoms with Gasteiger partial charge in [-0.3, -0.25) is 0 Å². The first kappa shape index (κ1) is 25.1. The summed E-state index contributed by atoms with van der Waals surface area (Å²) in [5, 5.41) is 3.63. The van der Waals surface area contributed by atoms with Crippen LogP contribution in [0.5, 0.6) is 11.5 Å². The smallest absolute Gasteiger partial charge is 0.339 e. The predicted molar refractivity (Wildman–Crippen MR) is 157 cm³/mol. The third kappa shape index (κ3) is 4.13. The minimum Gasteiger partial charge on any atom is -0.456 e. The maximum atomic E-state index is 13.5. The van der Waals surface area contributed by atoms with Gasteiger partial charge in [-0.1, -0.05) is 35.9 Å². The van der Waals surface area contributed by atoms with E-state index in [-0.39, 0.29) is 5.97 Å². The normalized spacial score (nSPS) is 17.0. The van der Waals surface area contributed by atoms with Crippen LogP contribution >= 0.6 is 0 Å². The van der Waals surface area contributed by atoms with Gasteiger partial charge in [0.2, 0.25) is 0 Å². The zero-order chi connectivity index (χ0) is 27.3. The molecule has 198 valence electrons. The Morgan fingerprint density at radius 1 is 0.821 bits per heavy atom. The Bertz CT molecular complexity index is 1600. The van der Waals surface area contributed by atoms with E-state index in [4.69, 9.17) is 9.47 Å². The van der Waals surface area contributed by atoms with Crippen molar-refractivity contribution in [2.24, 2.45) is 0 Å². The lowest BCUT2D eigenvalue weighted by Gasteiger charge is -2.43. The number of carbonyl (C=O) groups is 1. The van der Waals surface area contributed by atoms with E-state index in [1.165, 1.54) is 11.1 Å². The van der Waals surface area contributed by atoms with Gasteiger partial charge < -0.3 is 19.7 Å².